The van der Waals surface area contributed by atoms with Crippen LogP contribution in [0.25, 0.3) is 0 Å². The molecule has 2 aliphatic rings. The number of ketones is 1. The van der Waals surface area contributed by atoms with Gasteiger partial charge in [0.1, 0.15) is 0 Å². The molecule has 0 spiro atoms. The molecule has 1 aromatic heterocycles. The van der Waals surface area contributed by atoms with E-state index in [1.165, 1.54) is 14.2 Å². The van der Waals surface area contributed by atoms with E-state index in [2.05, 4.69) is 4.98 Å². The lowest BCUT2D eigenvalue weighted by Gasteiger charge is -2.46. The van der Waals surface area contributed by atoms with E-state index in [0.717, 1.165) is 0 Å². The Kier molecular flexibility index (Phi) is 3.44. The van der Waals surface area contributed by atoms with Crippen LogP contribution in [0.4, 0.5) is 0 Å². The van der Waals surface area contributed by atoms with Gasteiger partial charge in [-0.2, -0.15) is 0 Å². The molecule has 1 saturated carbocycles. The summed E-state index contributed by atoms with van der Waals surface area (Å²) in [6.45, 7) is 1.85. The molecule has 0 aromatic carbocycles. The van der Waals surface area contributed by atoms with Crippen LogP contribution in [0, 0.1) is 11.8 Å². The molecule has 2 unspecified atom stereocenters. The Morgan fingerprint density at radius 1 is 1.41 bits per heavy atom. The molecule has 6 heteroatoms. The highest BCUT2D eigenvalue weighted by molar-refractivity contribution is 6.12. The van der Waals surface area contributed by atoms with Gasteiger partial charge in [-0.25, -0.2) is 4.98 Å². The van der Waals surface area contributed by atoms with Crippen molar-refractivity contribution in [3.05, 3.63) is 23.4 Å². The first-order valence-corrected chi connectivity index (χ1v) is 7.31. The summed E-state index contributed by atoms with van der Waals surface area (Å²) < 4.78 is 10.1. The lowest BCUT2D eigenvalue weighted by atomic mass is 9.56. The van der Waals surface area contributed by atoms with Crippen molar-refractivity contribution in [3.63, 3.8) is 0 Å². The molecule has 0 radical (unpaired) electrons. The third-order valence-corrected chi connectivity index (χ3v) is 4.95. The third kappa shape index (κ3) is 1.80. The second kappa shape index (κ2) is 5.05. The van der Waals surface area contributed by atoms with Crippen molar-refractivity contribution in [2.45, 2.75) is 31.3 Å². The van der Waals surface area contributed by atoms with Crippen molar-refractivity contribution in [1.29, 1.82) is 0 Å². The number of pyridine rings is 1. The monoisotopic (exact) mass is 305 g/mol. The normalized spacial score (nSPS) is 33.1. The Labute approximate surface area is 128 Å². The van der Waals surface area contributed by atoms with E-state index in [4.69, 9.17) is 9.47 Å². The van der Waals surface area contributed by atoms with Gasteiger partial charge in [0.15, 0.2) is 11.2 Å². The van der Waals surface area contributed by atoms with E-state index in [1.807, 2.05) is 6.92 Å². The Morgan fingerprint density at radius 3 is 2.77 bits per heavy atom. The minimum Gasteiger partial charge on any atom is -0.481 e. The molecule has 1 fully saturated rings. The molecule has 1 aromatic rings. The number of ether oxygens (including phenoxy) is 2. The number of esters is 1. The molecule has 0 amide bonds. The molecule has 0 saturated heterocycles. The summed E-state index contributed by atoms with van der Waals surface area (Å²) in [4.78, 5) is 29.8. The molecule has 6 nitrogen and oxygen atoms in total. The van der Waals surface area contributed by atoms with Gasteiger partial charge in [0.25, 0.3) is 0 Å². The van der Waals surface area contributed by atoms with Gasteiger partial charge in [0, 0.05) is 12.5 Å². The average Bonchev–Trinajstić information content (AvgIpc) is 2.53. The van der Waals surface area contributed by atoms with E-state index in [0.29, 0.717) is 23.6 Å². The summed E-state index contributed by atoms with van der Waals surface area (Å²) in [5.74, 6) is -1.21. The number of Topliss-reactive ketones (excluding diaryl/α,β-unsaturated/α-hetero) is 1. The molecule has 4 atom stereocenters. The molecule has 0 aliphatic heterocycles. The fourth-order valence-electron chi connectivity index (χ4n) is 3.84. The number of hydrogen-bond acceptors (Lipinski definition) is 6. The maximum atomic E-state index is 12.9. The van der Waals surface area contributed by atoms with Crippen molar-refractivity contribution in [3.8, 4) is 5.88 Å². The van der Waals surface area contributed by atoms with E-state index in [9.17, 15) is 14.7 Å². The summed E-state index contributed by atoms with van der Waals surface area (Å²) >= 11 is 0. The zero-order valence-corrected chi connectivity index (χ0v) is 12.8. The van der Waals surface area contributed by atoms with Crippen LogP contribution in [0.3, 0.4) is 0 Å². The van der Waals surface area contributed by atoms with Gasteiger partial charge < -0.3 is 14.6 Å². The van der Waals surface area contributed by atoms with E-state index < -0.39 is 23.4 Å². The molecule has 1 heterocycles. The molecular weight excluding hydrogens is 286 g/mol. The maximum absolute atomic E-state index is 12.9. The van der Waals surface area contributed by atoms with Crippen LogP contribution < -0.4 is 4.74 Å². The van der Waals surface area contributed by atoms with Gasteiger partial charge in [-0.15, -0.1) is 0 Å². The molecule has 3 rings (SSSR count). The maximum Gasteiger partial charge on any atom is 0.323 e. The summed E-state index contributed by atoms with van der Waals surface area (Å²) in [5.41, 5.74) is -0.147. The predicted octanol–water partition coefficient (Wildman–Crippen LogP) is 0.643. The van der Waals surface area contributed by atoms with Crippen molar-refractivity contribution in [2.24, 2.45) is 11.8 Å². The Balaban J connectivity index is 2.24. The van der Waals surface area contributed by atoms with Crippen LogP contribution in [0.2, 0.25) is 0 Å². The van der Waals surface area contributed by atoms with Gasteiger partial charge in [-0.1, -0.05) is 13.0 Å². The Bertz CT molecular complexity index is 643. The van der Waals surface area contributed by atoms with Crippen LogP contribution in [0.15, 0.2) is 12.1 Å². The number of methoxy groups -OCH3 is 2. The van der Waals surface area contributed by atoms with Crippen molar-refractivity contribution >= 4 is 11.8 Å². The second-order valence-corrected chi connectivity index (χ2v) is 6.09. The number of fused-ring (bicyclic) bond motifs is 4. The largest absolute Gasteiger partial charge is 0.481 e. The highest BCUT2D eigenvalue weighted by Gasteiger charge is 2.61. The van der Waals surface area contributed by atoms with Crippen LogP contribution in [-0.2, 0) is 26.2 Å². The molecule has 2 aliphatic carbocycles. The zero-order chi connectivity index (χ0) is 16.1. The van der Waals surface area contributed by atoms with E-state index in [-0.39, 0.29) is 18.1 Å². The van der Waals surface area contributed by atoms with Crippen LogP contribution in [0.1, 0.15) is 24.6 Å². The standard InChI is InChI=1S/C16H19NO5/c1-8-7-16(15(20)22-3)10-4-5-12(21-2)17-11(10)6-9(13(8)18)14(16)19/h4-5,8-9,13,18H,6-7H2,1-3H3/t8?,9-,13?,16+/m1/s1. The first kappa shape index (κ1) is 15.0. The van der Waals surface area contributed by atoms with Crippen molar-refractivity contribution < 1.29 is 24.2 Å². The number of aliphatic hydroxyl groups is 1. The fraction of sp³-hybridized carbons (Fsp3) is 0.562. The minimum absolute atomic E-state index is 0.169. The third-order valence-electron chi connectivity index (χ3n) is 4.95. The zero-order valence-electron chi connectivity index (χ0n) is 12.8. The van der Waals surface area contributed by atoms with Crippen molar-refractivity contribution in [2.75, 3.05) is 14.2 Å². The van der Waals surface area contributed by atoms with Crippen LogP contribution in [-0.4, -0.2) is 42.2 Å². The van der Waals surface area contributed by atoms with Gasteiger partial charge >= 0.3 is 5.97 Å². The summed E-state index contributed by atoms with van der Waals surface area (Å²) in [7, 11) is 2.79. The van der Waals surface area contributed by atoms with Crippen LogP contribution >= 0.6 is 0 Å². The van der Waals surface area contributed by atoms with Crippen molar-refractivity contribution in [1.82, 2.24) is 4.98 Å². The first-order valence-electron chi connectivity index (χ1n) is 7.31. The first-order chi connectivity index (χ1) is 10.5. The number of carbonyl (C=O) groups excluding carboxylic acids is 2. The highest BCUT2D eigenvalue weighted by atomic mass is 16.5. The summed E-state index contributed by atoms with van der Waals surface area (Å²) in [6, 6.07) is 3.36. The lowest BCUT2D eigenvalue weighted by Crippen LogP contribution is -2.60. The van der Waals surface area contributed by atoms with Crippen LogP contribution in [0.5, 0.6) is 5.88 Å². The highest BCUT2D eigenvalue weighted by Crippen LogP contribution is 2.48. The van der Waals surface area contributed by atoms with E-state index >= 15 is 0 Å². The minimum atomic E-state index is -1.36. The SMILES string of the molecule is COC(=O)[C@@]12CC(C)C(O)[C@@H](Cc3nc(OC)ccc31)C2=O. The molecular formula is C16H19NO5. The number of aromatic nitrogens is 1. The topological polar surface area (TPSA) is 85.7 Å². The second-order valence-electron chi connectivity index (χ2n) is 6.09. The molecule has 118 valence electrons. The van der Waals surface area contributed by atoms with Gasteiger partial charge in [-0.05, 0) is 17.9 Å². The van der Waals surface area contributed by atoms with Gasteiger partial charge in [-0.3, -0.25) is 9.59 Å². The number of rotatable bonds is 2. The lowest BCUT2D eigenvalue weighted by molar-refractivity contribution is -0.161. The fourth-order valence-corrected chi connectivity index (χ4v) is 3.84. The number of hydrogen-bond donors (Lipinski definition) is 1. The average molecular weight is 305 g/mol. The molecule has 2 bridgehead atoms. The van der Waals surface area contributed by atoms with E-state index in [1.54, 1.807) is 12.1 Å². The number of carbonyl (C=O) groups is 2. The van der Waals surface area contributed by atoms with Gasteiger partial charge in [0.2, 0.25) is 5.88 Å². The number of nitrogens with zero attached hydrogens (tertiary/aromatic N) is 1. The molecule has 1 N–H and O–H groups in total. The molecule has 22 heavy (non-hydrogen) atoms. The Hall–Kier alpha value is -1.95. The number of aliphatic hydroxyl groups excluding tert-OH is 1. The predicted molar refractivity (Wildman–Crippen MR) is 76.5 cm³/mol. The smallest absolute Gasteiger partial charge is 0.323 e. The Morgan fingerprint density at radius 2 is 2.14 bits per heavy atom. The van der Waals surface area contributed by atoms with Gasteiger partial charge in [0.05, 0.1) is 31.9 Å². The quantitative estimate of drug-likeness (QED) is 0.637. The summed E-state index contributed by atoms with van der Waals surface area (Å²) in [5, 5.41) is 10.3. The summed E-state index contributed by atoms with van der Waals surface area (Å²) in [6.07, 6.45) is -0.223.